The smallest absolute Gasteiger partial charge is 0.406 e. The fourth-order valence-corrected chi connectivity index (χ4v) is 5.88. The van der Waals surface area contributed by atoms with Gasteiger partial charge in [-0.15, -0.1) is 25.6 Å². The van der Waals surface area contributed by atoms with Crippen LogP contribution in [0.1, 0.15) is 28.8 Å². The zero-order valence-corrected chi connectivity index (χ0v) is 22.0. The maximum Gasteiger partial charge on any atom is 0.573 e. The lowest BCUT2D eigenvalue weighted by Crippen LogP contribution is -2.45. The number of nitrogens with zero attached hydrogens (tertiary/aromatic N) is 1. The number of rotatable bonds is 6. The average molecular weight is 596 g/mol. The van der Waals surface area contributed by atoms with E-state index in [2.05, 4.69) is 10.1 Å². The van der Waals surface area contributed by atoms with Gasteiger partial charge in [0.2, 0.25) is 5.91 Å². The van der Waals surface area contributed by atoms with E-state index < -0.39 is 61.8 Å². The number of nitrogens with one attached hydrogen (secondary N) is 1. The number of nitrogens with two attached hydrogens (primary N) is 1. The van der Waals surface area contributed by atoms with Gasteiger partial charge in [-0.25, -0.2) is 12.8 Å². The van der Waals surface area contributed by atoms with Crippen molar-refractivity contribution in [2.45, 2.75) is 36.7 Å². The molecule has 0 aliphatic carbocycles. The molecule has 214 valence electrons. The van der Waals surface area contributed by atoms with E-state index in [9.17, 15) is 31.2 Å². The Morgan fingerprint density at radius 3 is 2.41 bits per heavy atom. The summed E-state index contributed by atoms with van der Waals surface area (Å²) in [5.41, 5.74) is 5.43. The number of halogens is 5. The van der Waals surface area contributed by atoms with Crippen LogP contribution in [0.5, 0.6) is 5.75 Å². The second-order valence-electron chi connectivity index (χ2n) is 9.07. The highest BCUT2D eigenvalue weighted by Gasteiger charge is 2.38. The van der Waals surface area contributed by atoms with Gasteiger partial charge in [0.05, 0.1) is 34.5 Å². The summed E-state index contributed by atoms with van der Waals surface area (Å²) in [5, 5.41) is 2.64. The van der Waals surface area contributed by atoms with Crippen molar-refractivity contribution in [3.05, 3.63) is 53.3 Å². The number of fused-ring (bicyclic) bond motifs is 1. The first kappa shape index (κ1) is 30.6. The van der Waals surface area contributed by atoms with Crippen LogP contribution in [0.15, 0.2) is 41.3 Å². The molecule has 0 radical (unpaired) electrons. The van der Waals surface area contributed by atoms with Crippen LogP contribution in [-0.4, -0.2) is 58.1 Å². The summed E-state index contributed by atoms with van der Waals surface area (Å²) < 4.78 is 87.4. The van der Waals surface area contributed by atoms with Crippen LogP contribution in [0.3, 0.4) is 0 Å². The van der Waals surface area contributed by atoms with Gasteiger partial charge in [-0.3, -0.25) is 9.59 Å². The molecule has 0 spiro atoms. The summed E-state index contributed by atoms with van der Waals surface area (Å²) in [4.78, 5) is 26.4. The quantitative estimate of drug-likeness (QED) is 0.492. The molecule has 2 amide bonds. The molecule has 2 aromatic carbocycles. The molecule has 2 aromatic rings. The van der Waals surface area contributed by atoms with Gasteiger partial charge in [0, 0.05) is 19.8 Å². The van der Waals surface area contributed by atoms with E-state index >= 15 is 4.39 Å². The molecule has 2 aliphatic rings. The van der Waals surface area contributed by atoms with Crippen molar-refractivity contribution < 1.29 is 45.0 Å². The molecule has 39 heavy (non-hydrogen) atoms. The SMILES string of the molecule is Cl.N[C@H]1CS(=O)(=O)c2cc(F)c(C(=O)NCC3CCOCC3)cc2N(Cc2ccc(OC(F)(F)F)cc2)C1=O. The first-order valence-electron chi connectivity index (χ1n) is 11.7. The van der Waals surface area contributed by atoms with Crippen LogP contribution in [0.2, 0.25) is 0 Å². The van der Waals surface area contributed by atoms with Crippen LogP contribution in [0.25, 0.3) is 0 Å². The van der Waals surface area contributed by atoms with Crippen molar-refractivity contribution in [3.63, 3.8) is 0 Å². The monoisotopic (exact) mass is 595 g/mol. The van der Waals surface area contributed by atoms with Gasteiger partial charge in [-0.1, -0.05) is 12.1 Å². The first-order chi connectivity index (χ1) is 17.8. The standard InChI is InChI=1S/C24H25F4N3O6S.ClH/c25-18-10-21-20(9-17(18)22(32)30-11-14-5-7-36-8-6-14)31(23(33)19(29)13-38(21,34)35)12-15-1-3-16(4-2-15)37-24(26,27)28;/h1-4,9-10,14,19H,5-8,11-13,29H2,(H,30,32);1H/t19-;/m0./s1. The third-order valence-electron chi connectivity index (χ3n) is 6.29. The highest BCUT2D eigenvalue weighted by atomic mass is 35.5. The summed E-state index contributed by atoms with van der Waals surface area (Å²) in [5.74, 6) is -3.84. The predicted molar refractivity (Wildman–Crippen MR) is 134 cm³/mol. The molecule has 1 saturated heterocycles. The highest BCUT2D eigenvalue weighted by molar-refractivity contribution is 7.91. The van der Waals surface area contributed by atoms with Gasteiger partial charge < -0.3 is 25.4 Å². The maximum atomic E-state index is 15.0. The molecule has 1 atom stereocenters. The van der Waals surface area contributed by atoms with Crippen LogP contribution in [-0.2, 0) is 25.9 Å². The van der Waals surface area contributed by atoms with Crippen molar-refractivity contribution in [1.29, 1.82) is 0 Å². The fraction of sp³-hybridized carbons (Fsp3) is 0.417. The lowest BCUT2D eigenvalue weighted by molar-refractivity contribution is -0.274. The normalized spacial score (nSPS) is 19.5. The molecular weight excluding hydrogens is 570 g/mol. The van der Waals surface area contributed by atoms with Crippen molar-refractivity contribution >= 4 is 39.7 Å². The number of sulfone groups is 1. The zero-order valence-electron chi connectivity index (χ0n) is 20.4. The Morgan fingerprint density at radius 2 is 1.79 bits per heavy atom. The Hall–Kier alpha value is -2.94. The van der Waals surface area contributed by atoms with Gasteiger partial charge >= 0.3 is 6.36 Å². The Bertz CT molecular complexity index is 1320. The largest absolute Gasteiger partial charge is 0.573 e. The zero-order chi connectivity index (χ0) is 27.7. The Balaban J connectivity index is 0.00000420. The van der Waals surface area contributed by atoms with Crippen molar-refractivity contribution in [3.8, 4) is 5.75 Å². The van der Waals surface area contributed by atoms with Gasteiger partial charge in [0.15, 0.2) is 9.84 Å². The van der Waals surface area contributed by atoms with Gasteiger partial charge in [-0.2, -0.15) is 0 Å². The molecule has 0 aromatic heterocycles. The Labute approximate surface area is 227 Å². The third-order valence-corrected chi connectivity index (χ3v) is 8.09. The predicted octanol–water partition coefficient (Wildman–Crippen LogP) is 2.95. The minimum Gasteiger partial charge on any atom is -0.406 e. The molecule has 15 heteroatoms. The molecule has 0 saturated carbocycles. The number of ether oxygens (including phenoxy) is 2. The second kappa shape index (κ2) is 12.1. The number of hydrogen-bond donors (Lipinski definition) is 2. The minimum absolute atomic E-state index is 0. The number of benzene rings is 2. The number of carbonyl (C=O) groups is 2. The molecular formula is C24H26ClF4N3O6S. The van der Waals surface area contributed by atoms with Crippen LogP contribution in [0, 0.1) is 11.7 Å². The molecule has 1 fully saturated rings. The molecule has 0 bridgehead atoms. The number of alkyl halides is 3. The van der Waals surface area contributed by atoms with E-state index in [4.69, 9.17) is 10.5 Å². The van der Waals surface area contributed by atoms with Crippen LogP contribution < -0.4 is 20.7 Å². The van der Waals surface area contributed by atoms with E-state index in [1.165, 1.54) is 12.1 Å². The molecule has 3 N–H and O–H groups in total. The summed E-state index contributed by atoms with van der Waals surface area (Å²) in [6.07, 6.45) is -3.45. The number of carbonyl (C=O) groups excluding carboxylic acids is 2. The second-order valence-corrected chi connectivity index (χ2v) is 11.1. The molecule has 2 heterocycles. The summed E-state index contributed by atoms with van der Waals surface area (Å²) in [6.45, 7) is 1.05. The topological polar surface area (TPSA) is 128 Å². The lowest BCUT2D eigenvalue weighted by atomic mass is 10.0. The van der Waals surface area contributed by atoms with E-state index in [0.29, 0.717) is 24.8 Å². The number of amides is 2. The van der Waals surface area contributed by atoms with E-state index in [-0.39, 0.29) is 37.1 Å². The summed E-state index contributed by atoms with van der Waals surface area (Å²) in [6, 6.07) is 4.75. The van der Waals surface area contributed by atoms with E-state index in [0.717, 1.165) is 35.9 Å². The van der Waals surface area contributed by atoms with Crippen LogP contribution in [0.4, 0.5) is 23.2 Å². The van der Waals surface area contributed by atoms with E-state index in [1.54, 1.807) is 0 Å². The maximum absolute atomic E-state index is 15.0. The third kappa shape index (κ3) is 7.38. The molecule has 0 unspecified atom stereocenters. The van der Waals surface area contributed by atoms with Crippen molar-refractivity contribution in [2.24, 2.45) is 11.7 Å². The number of hydrogen-bond acceptors (Lipinski definition) is 7. The first-order valence-corrected chi connectivity index (χ1v) is 13.3. The fourth-order valence-electron chi connectivity index (χ4n) is 4.32. The Morgan fingerprint density at radius 1 is 1.15 bits per heavy atom. The highest BCUT2D eigenvalue weighted by Crippen LogP contribution is 2.34. The van der Waals surface area contributed by atoms with Gasteiger partial charge in [0.25, 0.3) is 5.91 Å². The van der Waals surface area contributed by atoms with Gasteiger partial charge in [0.1, 0.15) is 11.6 Å². The average Bonchev–Trinajstić information content (AvgIpc) is 2.91. The number of anilines is 1. The molecule has 9 nitrogen and oxygen atoms in total. The summed E-state index contributed by atoms with van der Waals surface area (Å²) in [7, 11) is -4.23. The summed E-state index contributed by atoms with van der Waals surface area (Å²) >= 11 is 0. The van der Waals surface area contributed by atoms with Gasteiger partial charge in [-0.05, 0) is 48.6 Å². The van der Waals surface area contributed by atoms with Crippen molar-refractivity contribution in [2.75, 3.05) is 30.4 Å². The Kier molecular flexibility index (Phi) is 9.47. The minimum atomic E-state index is -4.89. The van der Waals surface area contributed by atoms with Crippen LogP contribution >= 0.6 is 12.4 Å². The molecule has 4 rings (SSSR count). The molecule has 2 aliphatic heterocycles. The lowest BCUT2D eigenvalue weighted by Gasteiger charge is -2.25. The van der Waals surface area contributed by atoms with E-state index in [1.807, 2.05) is 0 Å². The van der Waals surface area contributed by atoms with Crippen molar-refractivity contribution in [1.82, 2.24) is 5.32 Å².